The lowest BCUT2D eigenvalue weighted by atomic mass is 9.76. The average molecular weight is 599 g/mol. The molecule has 3 aromatic rings. The molecular formula is C32H37F3N4O4. The van der Waals surface area contributed by atoms with Crippen molar-refractivity contribution in [3.8, 4) is 0 Å². The third-order valence-electron chi connectivity index (χ3n) is 8.14. The van der Waals surface area contributed by atoms with Gasteiger partial charge in [0.05, 0.1) is 17.7 Å². The van der Waals surface area contributed by atoms with E-state index in [4.69, 9.17) is 0 Å². The fraction of sp³-hybridized carbons (Fsp3) is 0.406. The molecule has 2 amide bonds. The van der Waals surface area contributed by atoms with Gasteiger partial charge in [-0.2, -0.15) is 13.2 Å². The van der Waals surface area contributed by atoms with Crippen molar-refractivity contribution in [3.63, 3.8) is 0 Å². The largest absolute Gasteiger partial charge is 0.416 e. The highest BCUT2D eigenvalue weighted by molar-refractivity contribution is 5.98. The number of rotatable bonds is 10. The number of aliphatic hydroxyl groups is 1. The predicted molar refractivity (Wildman–Crippen MR) is 157 cm³/mol. The first-order valence-electron chi connectivity index (χ1n) is 14.4. The van der Waals surface area contributed by atoms with Gasteiger partial charge in [-0.15, -0.1) is 0 Å². The Labute approximate surface area is 248 Å². The van der Waals surface area contributed by atoms with E-state index >= 15 is 0 Å². The summed E-state index contributed by atoms with van der Waals surface area (Å²) in [5.74, 6) is -1.12. The smallest absolute Gasteiger partial charge is 0.390 e. The number of H-pyrrole nitrogens is 1. The Hall–Kier alpha value is -3.96. The number of pyridine rings is 1. The normalized spacial score (nSPS) is 16.2. The summed E-state index contributed by atoms with van der Waals surface area (Å²) < 4.78 is 40.2. The third-order valence-corrected chi connectivity index (χ3v) is 8.14. The van der Waals surface area contributed by atoms with Crippen LogP contribution in [0.5, 0.6) is 0 Å². The molecule has 0 aliphatic heterocycles. The molecule has 0 spiro atoms. The van der Waals surface area contributed by atoms with Gasteiger partial charge in [-0.25, -0.2) is 0 Å². The van der Waals surface area contributed by atoms with Crippen LogP contribution in [-0.4, -0.2) is 53.0 Å². The van der Waals surface area contributed by atoms with Crippen molar-refractivity contribution in [1.82, 2.24) is 20.5 Å². The van der Waals surface area contributed by atoms with E-state index in [1.807, 2.05) is 37.3 Å². The van der Waals surface area contributed by atoms with Crippen LogP contribution in [0.15, 0.2) is 71.5 Å². The van der Waals surface area contributed by atoms with Crippen LogP contribution in [0.3, 0.4) is 0 Å². The van der Waals surface area contributed by atoms with Crippen molar-refractivity contribution in [3.05, 3.63) is 105 Å². The first kappa shape index (κ1) is 32.0. The zero-order valence-electron chi connectivity index (χ0n) is 24.2. The number of amides is 2. The van der Waals surface area contributed by atoms with Crippen LogP contribution >= 0.6 is 0 Å². The highest BCUT2D eigenvalue weighted by Crippen LogP contribution is 2.39. The van der Waals surface area contributed by atoms with E-state index in [9.17, 15) is 32.7 Å². The molecule has 1 aliphatic carbocycles. The fourth-order valence-electron chi connectivity index (χ4n) is 5.53. The van der Waals surface area contributed by atoms with Crippen molar-refractivity contribution in [1.29, 1.82) is 0 Å². The molecule has 0 unspecified atom stereocenters. The van der Waals surface area contributed by atoms with Crippen molar-refractivity contribution >= 4 is 11.8 Å². The highest BCUT2D eigenvalue weighted by atomic mass is 19.4. The molecule has 1 saturated carbocycles. The van der Waals surface area contributed by atoms with Crippen LogP contribution in [0.2, 0.25) is 0 Å². The lowest BCUT2D eigenvalue weighted by Crippen LogP contribution is -2.49. The molecule has 4 rings (SSSR count). The SMILES string of the molecule is C[C@H](c1ccccc1)N(C)C(=O)c1cc(C(=O)NC[C@H](O)CNC2(c3cccc(C(F)(F)F)c3)CCCCC2)[nH]c(=O)c1. The lowest BCUT2D eigenvalue weighted by molar-refractivity contribution is -0.137. The molecule has 0 saturated heterocycles. The van der Waals surface area contributed by atoms with Crippen molar-refractivity contribution in [2.45, 2.75) is 62.9 Å². The van der Waals surface area contributed by atoms with Gasteiger partial charge in [-0.05, 0) is 49.1 Å². The lowest BCUT2D eigenvalue weighted by Gasteiger charge is -2.40. The Morgan fingerprint density at radius 3 is 2.37 bits per heavy atom. The second-order valence-corrected chi connectivity index (χ2v) is 11.1. The summed E-state index contributed by atoms with van der Waals surface area (Å²) in [4.78, 5) is 42.2. The molecule has 43 heavy (non-hydrogen) atoms. The van der Waals surface area contributed by atoms with E-state index in [0.29, 0.717) is 18.4 Å². The van der Waals surface area contributed by atoms with Gasteiger partial charge in [-0.3, -0.25) is 14.4 Å². The molecule has 2 aromatic carbocycles. The van der Waals surface area contributed by atoms with E-state index in [1.54, 1.807) is 13.1 Å². The van der Waals surface area contributed by atoms with Gasteiger partial charge in [-0.1, -0.05) is 61.7 Å². The molecule has 0 radical (unpaired) electrons. The van der Waals surface area contributed by atoms with Crippen LogP contribution in [0, 0.1) is 0 Å². The second-order valence-electron chi connectivity index (χ2n) is 11.1. The topological polar surface area (TPSA) is 115 Å². The molecule has 0 bridgehead atoms. The monoisotopic (exact) mass is 598 g/mol. The number of benzene rings is 2. The maximum atomic E-state index is 13.4. The van der Waals surface area contributed by atoms with Gasteiger partial charge >= 0.3 is 6.18 Å². The highest BCUT2D eigenvalue weighted by Gasteiger charge is 2.37. The predicted octanol–water partition coefficient (Wildman–Crippen LogP) is 4.77. The summed E-state index contributed by atoms with van der Waals surface area (Å²) in [5.41, 5.74) is -0.742. The number of aromatic amines is 1. The van der Waals surface area contributed by atoms with E-state index in [0.717, 1.165) is 43.0 Å². The van der Waals surface area contributed by atoms with E-state index < -0.39 is 40.8 Å². The van der Waals surface area contributed by atoms with E-state index in [2.05, 4.69) is 15.6 Å². The molecule has 1 heterocycles. The van der Waals surface area contributed by atoms with Crippen LogP contribution in [0.4, 0.5) is 13.2 Å². The Balaban J connectivity index is 1.39. The number of carbonyl (C=O) groups is 2. The quantitative estimate of drug-likeness (QED) is 0.269. The Morgan fingerprint density at radius 2 is 1.70 bits per heavy atom. The minimum absolute atomic E-state index is 0.0216. The van der Waals surface area contributed by atoms with Gasteiger partial charge in [0.1, 0.15) is 5.69 Å². The maximum Gasteiger partial charge on any atom is 0.416 e. The van der Waals surface area contributed by atoms with E-state index in [-0.39, 0.29) is 30.4 Å². The molecule has 1 aromatic heterocycles. The number of aliphatic hydroxyl groups excluding tert-OH is 1. The number of hydrogen-bond donors (Lipinski definition) is 4. The van der Waals surface area contributed by atoms with E-state index in [1.165, 1.54) is 17.0 Å². The van der Waals surface area contributed by atoms with Crippen molar-refractivity contribution < 1.29 is 27.9 Å². The Kier molecular flexibility index (Phi) is 10.1. The number of aromatic nitrogens is 1. The number of hydrogen-bond acceptors (Lipinski definition) is 5. The number of nitrogens with zero attached hydrogens (tertiary/aromatic N) is 1. The summed E-state index contributed by atoms with van der Waals surface area (Å²) in [6, 6.07) is 16.8. The second kappa shape index (κ2) is 13.6. The van der Waals surface area contributed by atoms with Crippen molar-refractivity contribution in [2.24, 2.45) is 0 Å². The van der Waals surface area contributed by atoms with Gasteiger partial charge in [0.2, 0.25) is 5.56 Å². The van der Waals surface area contributed by atoms with Gasteiger partial charge in [0.25, 0.3) is 11.8 Å². The number of alkyl halides is 3. The minimum Gasteiger partial charge on any atom is -0.390 e. The van der Waals surface area contributed by atoms with Crippen molar-refractivity contribution in [2.75, 3.05) is 20.1 Å². The van der Waals surface area contributed by atoms with Gasteiger partial charge in [0, 0.05) is 37.3 Å². The summed E-state index contributed by atoms with van der Waals surface area (Å²) in [7, 11) is 1.61. The molecule has 4 N–H and O–H groups in total. The number of halogens is 3. The molecular weight excluding hydrogens is 561 g/mol. The number of nitrogens with one attached hydrogen (secondary N) is 3. The number of carbonyl (C=O) groups excluding carboxylic acids is 2. The molecule has 230 valence electrons. The summed E-state index contributed by atoms with van der Waals surface area (Å²) in [5, 5.41) is 16.5. The van der Waals surface area contributed by atoms with Gasteiger partial charge in [0.15, 0.2) is 0 Å². The Bertz CT molecular complexity index is 1470. The molecule has 8 nitrogen and oxygen atoms in total. The van der Waals surface area contributed by atoms with Crippen LogP contribution in [0.1, 0.15) is 82.6 Å². The first-order chi connectivity index (χ1) is 20.4. The zero-order chi connectivity index (χ0) is 31.2. The third kappa shape index (κ3) is 7.91. The first-order valence-corrected chi connectivity index (χ1v) is 14.4. The van der Waals surface area contributed by atoms with Gasteiger partial charge < -0.3 is 25.6 Å². The standard InChI is InChI=1S/C32H37F3N4O4/c1-21(22-10-5-3-6-11-22)39(2)30(43)23-16-27(38-28(41)17-23)29(42)36-19-26(40)20-37-31(14-7-4-8-15-31)24-12-9-13-25(18-24)32(33,34)35/h3,5-6,9-13,16-18,21,26,37,40H,4,7-8,14-15,19-20H2,1-2H3,(H,36,42)(H,38,41)/t21-,26+/m1/s1. The minimum atomic E-state index is -4.46. The van der Waals surface area contributed by atoms with Crippen LogP contribution < -0.4 is 16.2 Å². The fourth-order valence-corrected chi connectivity index (χ4v) is 5.53. The molecule has 1 fully saturated rings. The summed E-state index contributed by atoms with van der Waals surface area (Å²) in [6.07, 6.45) is -1.66. The molecule has 1 aliphatic rings. The molecule has 11 heteroatoms. The summed E-state index contributed by atoms with van der Waals surface area (Å²) >= 11 is 0. The van der Waals surface area contributed by atoms with Crippen LogP contribution in [-0.2, 0) is 11.7 Å². The van der Waals surface area contributed by atoms with Crippen LogP contribution in [0.25, 0.3) is 0 Å². The Morgan fingerprint density at radius 1 is 1.00 bits per heavy atom. The average Bonchev–Trinajstić information content (AvgIpc) is 3.01. The maximum absolute atomic E-state index is 13.4. The molecule has 2 atom stereocenters. The zero-order valence-corrected chi connectivity index (χ0v) is 24.2. The summed E-state index contributed by atoms with van der Waals surface area (Å²) in [6.45, 7) is 1.69.